The van der Waals surface area contributed by atoms with Crippen LogP contribution >= 0.6 is 11.6 Å². The fourth-order valence-corrected chi connectivity index (χ4v) is 2.83. The Balaban J connectivity index is 2.24. The zero-order valence-electron chi connectivity index (χ0n) is 10.4. The summed E-state index contributed by atoms with van der Waals surface area (Å²) < 4.78 is 0. The van der Waals surface area contributed by atoms with Gasteiger partial charge in [0, 0.05) is 0 Å². The molecular weight excluding hydrogens is 254 g/mol. The summed E-state index contributed by atoms with van der Waals surface area (Å²) in [6.45, 7) is 2.18. The maximum absolute atomic E-state index is 11.4. The van der Waals surface area contributed by atoms with Crippen molar-refractivity contribution < 1.29 is 5.11 Å². The Bertz CT molecular complexity index is 477. The maximum atomic E-state index is 11.4. The number of hydrogen-bond acceptors (Lipinski definition) is 4. The van der Waals surface area contributed by atoms with Gasteiger partial charge in [0.25, 0.3) is 5.56 Å². The highest BCUT2D eigenvalue weighted by Gasteiger charge is 2.35. The van der Waals surface area contributed by atoms with Crippen LogP contribution < -0.4 is 10.9 Å². The molecule has 0 amide bonds. The molecule has 18 heavy (non-hydrogen) atoms. The second-order valence-electron chi connectivity index (χ2n) is 5.16. The summed E-state index contributed by atoms with van der Waals surface area (Å²) in [5.74, 6) is 0.891. The lowest BCUT2D eigenvalue weighted by atomic mass is 9.77. The lowest BCUT2D eigenvalue weighted by molar-refractivity contribution is 0.149. The number of anilines is 1. The van der Waals surface area contributed by atoms with Crippen LogP contribution in [0.5, 0.6) is 0 Å². The van der Waals surface area contributed by atoms with Gasteiger partial charge in [-0.2, -0.15) is 0 Å². The van der Waals surface area contributed by atoms with Crippen molar-refractivity contribution in [3.63, 3.8) is 0 Å². The summed E-state index contributed by atoms with van der Waals surface area (Å²) >= 11 is 5.92. The van der Waals surface area contributed by atoms with Gasteiger partial charge in [0.1, 0.15) is 5.02 Å². The van der Waals surface area contributed by atoms with Gasteiger partial charge in [-0.1, -0.05) is 31.4 Å². The third-order valence-corrected chi connectivity index (χ3v) is 3.92. The second-order valence-corrected chi connectivity index (χ2v) is 5.54. The van der Waals surface area contributed by atoms with Gasteiger partial charge in [-0.25, -0.2) is 4.98 Å². The van der Waals surface area contributed by atoms with E-state index in [1.54, 1.807) is 0 Å². The van der Waals surface area contributed by atoms with E-state index in [-0.39, 0.29) is 17.2 Å². The Morgan fingerprint density at radius 2 is 2.50 bits per heavy atom. The Morgan fingerprint density at radius 1 is 1.72 bits per heavy atom. The maximum Gasteiger partial charge on any atom is 0.271 e. The molecule has 0 bridgehead atoms. The Hall–Kier alpha value is -1.07. The molecule has 2 rings (SSSR count). The monoisotopic (exact) mass is 271 g/mol. The highest BCUT2D eigenvalue weighted by molar-refractivity contribution is 6.32. The highest BCUT2D eigenvalue weighted by atomic mass is 35.5. The van der Waals surface area contributed by atoms with Gasteiger partial charge in [-0.15, -0.1) is 0 Å². The van der Waals surface area contributed by atoms with Crippen LogP contribution in [0.25, 0.3) is 0 Å². The lowest BCUT2D eigenvalue weighted by Crippen LogP contribution is -2.46. The van der Waals surface area contributed by atoms with Crippen molar-refractivity contribution >= 4 is 17.4 Å². The third kappa shape index (κ3) is 2.67. The Labute approximate surface area is 111 Å². The average molecular weight is 272 g/mol. The number of aromatic amines is 1. The lowest BCUT2D eigenvalue weighted by Gasteiger charge is -2.39. The van der Waals surface area contributed by atoms with Gasteiger partial charge in [0.05, 0.1) is 18.5 Å². The SMILES string of the molecule is CC1CCCC(CO)(Nc2nc[nH]c(=O)c2Cl)C1. The van der Waals surface area contributed by atoms with Crippen LogP contribution in [-0.4, -0.2) is 27.2 Å². The first-order chi connectivity index (χ1) is 8.56. The number of H-pyrrole nitrogens is 1. The Morgan fingerprint density at radius 3 is 3.17 bits per heavy atom. The summed E-state index contributed by atoms with van der Waals surface area (Å²) in [5.41, 5.74) is -0.784. The summed E-state index contributed by atoms with van der Waals surface area (Å²) in [4.78, 5) is 17.9. The van der Waals surface area contributed by atoms with Crippen LogP contribution in [0.15, 0.2) is 11.1 Å². The van der Waals surface area contributed by atoms with Crippen LogP contribution in [0.4, 0.5) is 5.82 Å². The molecule has 2 unspecified atom stereocenters. The van der Waals surface area contributed by atoms with Crippen LogP contribution in [0.3, 0.4) is 0 Å². The van der Waals surface area contributed by atoms with E-state index in [4.69, 9.17) is 11.6 Å². The molecule has 1 aliphatic rings. The zero-order chi connectivity index (χ0) is 13.2. The van der Waals surface area contributed by atoms with Gasteiger partial charge in [0.15, 0.2) is 5.82 Å². The molecule has 1 aliphatic carbocycles. The second kappa shape index (κ2) is 5.28. The molecule has 5 nitrogen and oxygen atoms in total. The smallest absolute Gasteiger partial charge is 0.271 e. The van der Waals surface area contributed by atoms with E-state index in [1.807, 2.05) is 0 Å². The molecule has 1 heterocycles. The van der Waals surface area contributed by atoms with Crippen molar-refractivity contribution in [2.75, 3.05) is 11.9 Å². The number of aliphatic hydroxyl groups excluding tert-OH is 1. The van der Waals surface area contributed by atoms with Crippen molar-refractivity contribution in [2.45, 2.75) is 38.1 Å². The van der Waals surface area contributed by atoms with E-state index in [0.29, 0.717) is 11.7 Å². The van der Waals surface area contributed by atoms with Gasteiger partial charge in [0.2, 0.25) is 0 Å². The first kappa shape index (κ1) is 13.4. The number of aromatic nitrogens is 2. The van der Waals surface area contributed by atoms with Crippen molar-refractivity contribution in [1.82, 2.24) is 9.97 Å². The molecular formula is C12H18ClN3O2. The van der Waals surface area contributed by atoms with E-state index in [9.17, 15) is 9.90 Å². The molecule has 1 saturated carbocycles. The molecule has 3 N–H and O–H groups in total. The topological polar surface area (TPSA) is 78.0 Å². The summed E-state index contributed by atoms with van der Waals surface area (Å²) in [5, 5.41) is 12.9. The number of nitrogens with zero attached hydrogens (tertiary/aromatic N) is 1. The first-order valence-corrected chi connectivity index (χ1v) is 6.56. The van der Waals surface area contributed by atoms with Crippen LogP contribution in [0, 0.1) is 5.92 Å². The minimum atomic E-state index is -0.415. The van der Waals surface area contributed by atoms with Gasteiger partial charge >= 0.3 is 0 Å². The van der Waals surface area contributed by atoms with Crippen molar-refractivity contribution in [2.24, 2.45) is 5.92 Å². The Kier molecular flexibility index (Phi) is 3.92. The van der Waals surface area contributed by atoms with E-state index < -0.39 is 5.54 Å². The van der Waals surface area contributed by atoms with Crippen molar-refractivity contribution in [1.29, 1.82) is 0 Å². The molecule has 0 saturated heterocycles. The molecule has 1 fully saturated rings. The number of aliphatic hydroxyl groups is 1. The van der Waals surface area contributed by atoms with Crippen molar-refractivity contribution in [3.05, 3.63) is 21.7 Å². The third-order valence-electron chi connectivity index (χ3n) is 3.57. The van der Waals surface area contributed by atoms with E-state index in [1.165, 1.54) is 12.7 Å². The predicted octanol–water partition coefficient (Wildman–Crippen LogP) is 1.78. The molecule has 6 heteroatoms. The van der Waals surface area contributed by atoms with Crippen LogP contribution in [0.2, 0.25) is 5.02 Å². The van der Waals surface area contributed by atoms with Crippen LogP contribution in [-0.2, 0) is 0 Å². The zero-order valence-corrected chi connectivity index (χ0v) is 11.1. The first-order valence-electron chi connectivity index (χ1n) is 6.18. The summed E-state index contributed by atoms with van der Waals surface area (Å²) in [6, 6.07) is 0. The predicted molar refractivity (Wildman–Crippen MR) is 70.9 cm³/mol. The molecule has 1 aromatic rings. The molecule has 0 spiro atoms. The molecule has 0 radical (unpaired) electrons. The number of halogens is 1. The minimum Gasteiger partial charge on any atom is -0.394 e. The molecule has 100 valence electrons. The fourth-order valence-electron chi connectivity index (χ4n) is 2.68. The molecule has 1 aromatic heterocycles. The van der Waals surface area contributed by atoms with E-state index in [2.05, 4.69) is 22.2 Å². The minimum absolute atomic E-state index is 0.0160. The standard InChI is InChI=1S/C12H18ClN3O2/c1-8-3-2-4-12(5-8,6-17)16-10-9(13)11(18)15-7-14-10/h7-8,17H,2-6H2,1H3,(H2,14,15,16,18). The number of rotatable bonds is 3. The quantitative estimate of drug-likeness (QED) is 0.783. The highest BCUT2D eigenvalue weighted by Crippen LogP contribution is 2.35. The van der Waals surface area contributed by atoms with E-state index in [0.717, 1.165) is 19.3 Å². The summed E-state index contributed by atoms with van der Waals surface area (Å²) in [7, 11) is 0. The van der Waals surface area contributed by atoms with Crippen LogP contribution in [0.1, 0.15) is 32.6 Å². The number of hydrogen-bond donors (Lipinski definition) is 3. The van der Waals surface area contributed by atoms with Gasteiger partial charge in [-0.3, -0.25) is 4.79 Å². The molecule has 2 atom stereocenters. The van der Waals surface area contributed by atoms with E-state index >= 15 is 0 Å². The van der Waals surface area contributed by atoms with Crippen molar-refractivity contribution in [3.8, 4) is 0 Å². The molecule has 0 aliphatic heterocycles. The fraction of sp³-hybridized carbons (Fsp3) is 0.667. The summed E-state index contributed by atoms with van der Waals surface area (Å²) in [6.07, 6.45) is 5.25. The molecule has 0 aromatic carbocycles. The largest absolute Gasteiger partial charge is 0.394 e. The average Bonchev–Trinajstić information content (AvgIpc) is 2.35. The van der Waals surface area contributed by atoms with Gasteiger partial charge < -0.3 is 15.4 Å². The number of nitrogens with one attached hydrogen (secondary N) is 2. The normalized spacial score (nSPS) is 28.1. The van der Waals surface area contributed by atoms with Gasteiger partial charge in [-0.05, 0) is 18.8 Å².